The van der Waals surface area contributed by atoms with Gasteiger partial charge < -0.3 is 11.1 Å². The summed E-state index contributed by atoms with van der Waals surface area (Å²) in [5.41, 5.74) is 5.81. The molecule has 5 nitrogen and oxygen atoms in total. The topological polar surface area (TPSA) is 68.2 Å². The quantitative estimate of drug-likeness (QED) is 0.256. The van der Waals surface area contributed by atoms with Crippen LogP contribution in [0.15, 0.2) is 23.5 Å². The van der Waals surface area contributed by atoms with Crippen LogP contribution >= 0.6 is 24.0 Å². The number of hydrogen-bond acceptors (Lipinski definition) is 2. The molecule has 1 aromatic heterocycles. The van der Waals surface area contributed by atoms with Crippen LogP contribution < -0.4 is 11.1 Å². The maximum Gasteiger partial charge on any atom is 0.188 e. The van der Waals surface area contributed by atoms with Gasteiger partial charge in [-0.1, -0.05) is 39.0 Å². The van der Waals surface area contributed by atoms with Crippen molar-refractivity contribution in [2.45, 2.75) is 58.4 Å². The zero-order chi connectivity index (χ0) is 14.5. The summed E-state index contributed by atoms with van der Waals surface area (Å²) in [4.78, 5) is 4.31. The predicted molar refractivity (Wildman–Crippen MR) is 100 cm³/mol. The summed E-state index contributed by atoms with van der Waals surface area (Å²) in [5, 5.41) is 7.32. The van der Waals surface area contributed by atoms with Crippen molar-refractivity contribution in [3.05, 3.63) is 18.5 Å². The lowest BCUT2D eigenvalue weighted by molar-refractivity contribution is 0.583. The lowest BCUT2D eigenvalue weighted by Crippen LogP contribution is -2.32. The number of aliphatic imine (C=N–C) groups is 1. The first-order chi connectivity index (χ1) is 9.83. The van der Waals surface area contributed by atoms with Crippen molar-refractivity contribution in [3.8, 4) is 0 Å². The SMILES string of the molecule is CCCCCCCCNC(N)=NCCCn1cccn1.I. The fourth-order valence-electron chi connectivity index (χ4n) is 2.04. The summed E-state index contributed by atoms with van der Waals surface area (Å²) in [6.45, 7) is 4.81. The van der Waals surface area contributed by atoms with Crippen LogP contribution in [-0.2, 0) is 6.54 Å². The highest BCUT2D eigenvalue weighted by Crippen LogP contribution is 2.03. The van der Waals surface area contributed by atoms with Gasteiger partial charge in [-0.05, 0) is 18.9 Å². The van der Waals surface area contributed by atoms with E-state index in [0.29, 0.717) is 5.96 Å². The monoisotopic (exact) mass is 407 g/mol. The molecule has 0 aromatic carbocycles. The lowest BCUT2D eigenvalue weighted by atomic mass is 10.1. The van der Waals surface area contributed by atoms with Crippen LogP contribution in [0.2, 0.25) is 0 Å². The Kier molecular flexibility index (Phi) is 13.6. The number of nitrogens with zero attached hydrogens (tertiary/aromatic N) is 3. The first-order valence-corrected chi connectivity index (χ1v) is 7.84. The molecule has 122 valence electrons. The van der Waals surface area contributed by atoms with E-state index in [1.165, 1.54) is 38.5 Å². The van der Waals surface area contributed by atoms with E-state index in [1.54, 1.807) is 6.20 Å². The van der Waals surface area contributed by atoms with E-state index < -0.39 is 0 Å². The van der Waals surface area contributed by atoms with Crippen molar-refractivity contribution in [1.82, 2.24) is 15.1 Å². The van der Waals surface area contributed by atoms with Gasteiger partial charge in [0.1, 0.15) is 0 Å². The molecule has 3 N–H and O–H groups in total. The number of aromatic nitrogens is 2. The van der Waals surface area contributed by atoms with Crippen molar-refractivity contribution in [2.75, 3.05) is 13.1 Å². The molecule has 0 radical (unpaired) electrons. The zero-order valence-corrected chi connectivity index (χ0v) is 15.5. The predicted octanol–water partition coefficient (Wildman–Crippen LogP) is 3.16. The highest BCUT2D eigenvalue weighted by atomic mass is 127. The molecule has 0 aliphatic rings. The Morgan fingerprint density at radius 3 is 2.67 bits per heavy atom. The molecule has 1 rings (SSSR count). The van der Waals surface area contributed by atoms with Gasteiger partial charge in [-0.3, -0.25) is 9.67 Å². The van der Waals surface area contributed by atoms with Gasteiger partial charge in [0.25, 0.3) is 0 Å². The van der Waals surface area contributed by atoms with Gasteiger partial charge in [0, 0.05) is 32.0 Å². The van der Waals surface area contributed by atoms with Crippen molar-refractivity contribution < 1.29 is 0 Å². The van der Waals surface area contributed by atoms with Crippen molar-refractivity contribution in [1.29, 1.82) is 0 Å². The largest absolute Gasteiger partial charge is 0.370 e. The summed E-state index contributed by atoms with van der Waals surface area (Å²) in [7, 11) is 0. The number of nitrogens with two attached hydrogens (primary N) is 1. The first kappa shape index (κ1) is 20.2. The van der Waals surface area contributed by atoms with Crippen LogP contribution in [0.25, 0.3) is 0 Å². The fourth-order valence-corrected chi connectivity index (χ4v) is 2.04. The van der Waals surface area contributed by atoms with Crippen LogP contribution in [0.4, 0.5) is 0 Å². The summed E-state index contributed by atoms with van der Waals surface area (Å²) in [6, 6.07) is 1.93. The molecule has 0 aliphatic heterocycles. The number of aryl methyl sites for hydroxylation is 1. The highest BCUT2D eigenvalue weighted by Gasteiger charge is 1.94. The van der Waals surface area contributed by atoms with Gasteiger partial charge in [0.15, 0.2) is 5.96 Å². The maximum absolute atomic E-state index is 5.81. The molecular formula is C15H30IN5. The average Bonchev–Trinajstić information content (AvgIpc) is 2.96. The smallest absolute Gasteiger partial charge is 0.188 e. The Hall–Kier alpha value is -0.790. The van der Waals surface area contributed by atoms with Crippen LogP contribution in [0, 0.1) is 0 Å². The second-order valence-electron chi connectivity index (χ2n) is 5.08. The summed E-state index contributed by atoms with van der Waals surface area (Å²) in [6.07, 6.45) is 12.5. The Morgan fingerprint density at radius 2 is 1.95 bits per heavy atom. The second-order valence-corrected chi connectivity index (χ2v) is 5.08. The Labute approximate surface area is 145 Å². The van der Waals surface area contributed by atoms with E-state index in [2.05, 4.69) is 22.3 Å². The van der Waals surface area contributed by atoms with E-state index in [1.807, 2.05) is 16.9 Å². The second kappa shape index (κ2) is 14.2. The lowest BCUT2D eigenvalue weighted by Gasteiger charge is -2.05. The van der Waals surface area contributed by atoms with E-state index in [4.69, 9.17) is 5.73 Å². The molecule has 0 amide bonds. The van der Waals surface area contributed by atoms with Crippen LogP contribution in [0.5, 0.6) is 0 Å². The molecule has 0 aliphatic carbocycles. The Balaban J connectivity index is 0.00000400. The van der Waals surface area contributed by atoms with Crippen molar-refractivity contribution in [2.24, 2.45) is 10.7 Å². The molecule has 0 saturated carbocycles. The van der Waals surface area contributed by atoms with Crippen LogP contribution in [-0.4, -0.2) is 28.8 Å². The molecule has 1 heterocycles. The fraction of sp³-hybridized carbons (Fsp3) is 0.733. The van der Waals surface area contributed by atoms with Gasteiger partial charge in [-0.15, -0.1) is 24.0 Å². The third-order valence-electron chi connectivity index (χ3n) is 3.22. The number of halogens is 1. The summed E-state index contributed by atoms with van der Waals surface area (Å²) >= 11 is 0. The minimum Gasteiger partial charge on any atom is -0.370 e. The molecule has 0 fully saturated rings. The summed E-state index contributed by atoms with van der Waals surface area (Å²) in [5.74, 6) is 0.569. The average molecular weight is 407 g/mol. The van der Waals surface area contributed by atoms with E-state index in [-0.39, 0.29) is 24.0 Å². The number of rotatable bonds is 11. The molecule has 0 saturated heterocycles. The number of unbranched alkanes of at least 4 members (excludes halogenated alkanes) is 5. The van der Waals surface area contributed by atoms with E-state index in [9.17, 15) is 0 Å². The van der Waals surface area contributed by atoms with Gasteiger partial charge in [-0.2, -0.15) is 5.10 Å². The molecule has 6 heteroatoms. The normalized spacial score (nSPS) is 11.2. The number of guanidine groups is 1. The molecule has 0 unspecified atom stereocenters. The summed E-state index contributed by atoms with van der Waals surface area (Å²) < 4.78 is 1.91. The zero-order valence-electron chi connectivity index (χ0n) is 13.1. The maximum atomic E-state index is 5.81. The number of hydrogen-bond donors (Lipinski definition) is 2. The Bertz CT molecular complexity index is 351. The van der Waals surface area contributed by atoms with Gasteiger partial charge >= 0.3 is 0 Å². The minimum absolute atomic E-state index is 0. The van der Waals surface area contributed by atoms with Crippen LogP contribution in [0.1, 0.15) is 51.9 Å². The number of nitrogens with one attached hydrogen (secondary N) is 1. The van der Waals surface area contributed by atoms with Gasteiger partial charge in [-0.25, -0.2) is 0 Å². The standard InChI is InChI=1S/C15H29N5.HI/c1-2-3-4-5-6-7-10-17-15(16)18-11-8-13-20-14-9-12-19-20;/h9,12,14H,2-8,10-11,13H2,1H3,(H3,16,17,18);1H. The third-order valence-corrected chi connectivity index (χ3v) is 3.22. The molecule has 0 spiro atoms. The van der Waals surface area contributed by atoms with E-state index in [0.717, 1.165) is 26.1 Å². The first-order valence-electron chi connectivity index (χ1n) is 7.84. The third kappa shape index (κ3) is 11.5. The molecule has 1 aromatic rings. The molecule has 0 bridgehead atoms. The van der Waals surface area contributed by atoms with Crippen molar-refractivity contribution >= 4 is 29.9 Å². The highest BCUT2D eigenvalue weighted by molar-refractivity contribution is 14.0. The van der Waals surface area contributed by atoms with Gasteiger partial charge in [0.05, 0.1) is 0 Å². The van der Waals surface area contributed by atoms with E-state index >= 15 is 0 Å². The van der Waals surface area contributed by atoms with Crippen molar-refractivity contribution in [3.63, 3.8) is 0 Å². The molecule has 21 heavy (non-hydrogen) atoms. The Morgan fingerprint density at radius 1 is 1.19 bits per heavy atom. The van der Waals surface area contributed by atoms with Crippen LogP contribution in [0.3, 0.4) is 0 Å². The molecular weight excluding hydrogens is 377 g/mol. The van der Waals surface area contributed by atoms with Gasteiger partial charge in [0.2, 0.25) is 0 Å². The molecule has 0 atom stereocenters. The minimum atomic E-state index is 0.